The number of hydrogen-bond acceptors (Lipinski definition) is 8. The van der Waals surface area contributed by atoms with Gasteiger partial charge in [-0.05, 0) is 6.54 Å². The fourth-order valence-corrected chi connectivity index (χ4v) is 3.74. The molecule has 0 amide bonds. The number of hydrogen-bond donors (Lipinski definition) is 1. The lowest BCUT2D eigenvalue weighted by Gasteiger charge is -2.33. The van der Waals surface area contributed by atoms with Gasteiger partial charge in [0.25, 0.3) is 0 Å². The zero-order valence-corrected chi connectivity index (χ0v) is 13.1. The summed E-state index contributed by atoms with van der Waals surface area (Å²) in [7, 11) is 0. The summed E-state index contributed by atoms with van der Waals surface area (Å²) in [6, 6.07) is 0. The van der Waals surface area contributed by atoms with Crippen LogP contribution in [0.25, 0.3) is 10.7 Å². The van der Waals surface area contributed by atoms with Crippen LogP contribution in [0.5, 0.6) is 0 Å². The Morgan fingerprint density at radius 3 is 2.60 bits per heavy atom. The summed E-state index contributed by atoms with van der Waals surface area (Å²) in [6.45, 7) is 8.84. The Morgan fingerprint density at radius 2 is 1.95 bits per heavy atom. The molecular weight excluding hydrogens is 292 g/mol. The molecule has 20 heavy (non-hydrogen) atoms. The first-order chi connectivity index (χ1) is 9.74. The summed E-state index contributed by atoms with van der Waals surface area (Å²) >= 11 is 3.07. The summed E-state index contributed by atoms with van der Waals surface area (Å²) in [4.78, 5) is 9.58. The van der Waals surface area contributed by atoms with E-state index < -0.39 is 0 Å². The number of nitrogens with zero attached hydrogens (tertiary/aromatic N) is 5. The Kier molecular flexibility index (Phi) is 4.25. The van der Waals surface area contributed by atoms with Crippen molar-refractivity contribution in [1.82, 2.24) is 25.0 Å². The first-order valence-corrected chi connectivity index (χ1v) is 8.42. The van der Waals surface area contributed by atoms with Crippen molar-refractivity contribution in [3.8, 4) is 10.7 Å². The summed E-state index contributed by atoms with van der Waals surface area (Å²) in [5, 5.41) is 12.3. The number of piperazine rings is 1. The minimum atomic E-state index is 0.491. The molecule has 3 rings (SSSR count). The minimum Gasteiger partial charge on any atom is -0.374 e. The second-order valence-corrected chi connectivity index (χ2v) is 6.73. The molecule has 0 bridgehead atoms. The van der Waals surface area contributed by atoms with Crippen molar-refractivity contribution in [1.29, 1.82) is 0 Å². The lowest BCUT2D eigenvalue weighted by Crippen LogP contribution is -2.45. The van der Waals surface area contributed by atoms with Crippen LogP contribution in [0, 0.1) is 0 Å². The Hall–Kier alpha value is -1.09. The Balaban J connectivity index is 1.60. The molecule has 2 aromatic heterocycles. The van der Waals surface area contributed by atoms with Gasteiger partial charge in [-0.15, -0.1) is 21.5 Å². The molecule has 2 N–H and O–H groups in total. The molecule has 6 nitrogen and oxygen atoms in total. The topological polar surface area (TPSA) is 71.2 Å². The van der Waals surface area contributed by atoms with Gasteiger partial charge >= 0.3 is 0 Å². The molecule has 0 unspecified atom stereocenters. The van der Waals surface area contributed by atoms with Gasteiger partial charge in [-0.1, -0.05) is 18.3 Å². The summed E-state index contributed by atoms with van der Waals surface area (Å²) in [5.74, 6) is 0. The SMILES string of the molecule is CCN1CCN(Cc2nc(-c3nnc(N)s3)cs2)CC1. The van der Waals surface area contributed by atoms with Crippen LogP contribution in [-0.4, -0.2) is 57.7 Å². The van der Waals surface area contributed by atoms with Gasteiger partial charge in [-0.3, -0.25) is 4.90 Å². The van der Waals surface area contributed by atoms with Crippen molar-refractivity contribution in [3.63, 3.8) is 0 Å². The maximum atomic E-state index is 5.61. The molecule has 1 saturated heterocycles. The lowest BCUT2D eigenvalue weighted by atomic mass is 10.3. The molecule has 0 aliphatic carbocycles. The van der Waals surface area contributed by atoms with Gasteiger partial charge in [-0.25, -0.2) is 4.98 Å². The van der Waals surface area contributed by atoms with Gasteiger partial charge < -0.3 is 10.6 Å². The third kappa shape index (κ3) is 3.14. The minimum absolute atomic E-state index is 0.491. The fraction of sp³-hybridized carbons (Fsp3) is 0.583. The highest BCUT2D eigenvalue weighted by atomic mass is 32.1. The Labute approximate surface area is 126 Å². The molecular formula is C12H18N6S2. The largest absolute Gasteiger partial charge is 0.374 e. The van der Waals surface area contributed by atoms with Crippen LogP contribution in [0.3, 0.4) is 0 Å². The number of thiazole rings is 1. The van der Waals surface area contributed by atoms with Gasteiger partial charge in [-0.2, -0.15) is 0 Å². The molecule has 3 heterocycles. The average Bonchev–Trinajstić information content (AvgIpc) is 3.09. The maximum Gasteiger partial charge on any atom is 0.203 e. The molecule has 1 aliphatic rings. The second kappa shape index (κ2) is 6.13. The van der Waals surface area contributed by atoms with Crippen LogP contribution in [0.1, 0.15) is 11.9 Å². The maximum absolute atomic E-state index is 5.61. The van der Waals surface area contributed by atoms with E-state index in [-0.39, 0.29) is 0 Å². The molecule has 0 radical (unpaired) electrons. The zero-order valence-electron chi connectivity index (χ0n) is 11.4. The van der Waals surface area contributed by atoms with E-state index in [1.165, 1.54) is 11.3 Å². The number of anilines is 1. The van der Waals surface area contributed by atoms with E-state index in [0.717, 1.165) is 55.0 Å². The fourth-order valence-electron chi connectivity index (χ4n) is 2.27. The van der Waals surface area contributed by atoms with E-state index in [2.05, 4.69) is 31.9 Å². The highest BCUT2D eigenvalue weighted by molar-refractivity contribution is 7.18. The quantitative estimate of drug-likeness (QED) is 0.920. The van der Waals surface area contributed by atoms with Crippen LogP contribution in [0.15, 0.2) is 5.38 Å². The molecule has 0 spiro atoms. The van der Waals surface area contributed by atoms with Crippen LogP contribution in [0.2, 0.25) is 0 Å². The van der Waals surface area contributed by atoms with Crippen molar-refractivity contribution in [2.75, 3.05) is 38.5 Å². The summed E-state index contributed by atoms with van der Waals surface area (Å²) in [5.41, 5.74) is 6.50. The number of nitrogens with two attached hydrogens (primary N) is 1. The smallest absolute Gasteiger partial charge is 0.203 e. The van der Waals surface area contributed by atoms with Crippen LogP contribution in [0.4, 0.5) is 5.13 Å². The second-order valence-electron chi connectivity index (χ2n) is 4.78. The molecule has 0 aromatic carbocycles. The summed E-state index contributed by atoms with van der Waals surface area (Å²) in [6.07, 6.45) is 0. The monoisotopic (exact) mass is 310 g/mol. The molecule has 1 fully saturated rings. The van der Waals surface area contributed by atoms with E-state index in [1.54, 1.807) is 11.3 Å². The van der Waals surface area contributed by atoms with Gasteiger partial charge in [0, 0.05) is 31.6 Å². The third-order valence-electron chi connectivity index (χ3n) is 3.48. The van der Waals surface area contributed by atoms with Crippen LogP contribution in [-0.2, 0) is 6.54 Å². The third-order valence-corrected chi connectivity index (χ3v) is 5.09. The van der Waals surface area contributed by atoms with E-state index >= 15 is 0 Å². The van der Waals surface area contributed by atoms with Crippen molar-refractivity contribution >= 4 is 27.8 Å². The van der Waals surface area contributed by atoms with E-state index in [4.69, 9.17) is 5.73 Å². The highest BCUT2D eigenvalue weighted by Gasteiger charge is 2.17. The van der Waals surface area contributed by atoms with Gasteiger partial charge in [0.2, 0.25) is 5.13 Å². The molecule has 0 atom stereocenters. The first-order valence-electron chi connectivity index (χ1n) is 6.73. The van der Waals surface area contributed by atoms with Gasteiger partial charge in [0.15, 0.2) is 5.01 Å². The lowest BCUT2D eigenvalue weighted by molar-refractivity contribution is 0.132. The van der Waals surface area contributed by atoms with Crippen molar-refractivity contribution < 1.29 is 0 Å². The predicted octanol–water partition coefficient (Wildman–Crippen LogP) is 1.38. The standard InChI is InChI=1S/C12H18N6S2/c1-2-17-3-5-18(6-4-17)7-10-14-9(8-19-10)11-15-16-12(13)20-11/h8H,2-7H2,1H3,(H2,13,16). The van der Waals surface area contributed by atoms with Gasteiger partial charge in [0.05, 0.1) is 6.54 Å². The predicted molar refractivity (Wildman–Crippen MR) is 82.8 cm³/mol. The first kappa shape index (κ1) is 13.9. The zero-order chi connectivity index (χ0) is 13.9. The average molecular weight is 310 g/mol. The van der Waals surface area contributed by atoms with Crippen LogP contribution < -0.4 is 5.73 Å². The number of likely N-dealkylation sites (N-methyl/N-ethyl adjacent to an activating group) is 1. The Bertz CT molecular complexity index is 558. The van der Waals surface area contributed by atoms with Gasteiger partial charge in [0.1, 0.15) is 10.7 Å². The number of nitrogen functional groups attached to an aromatic ring is 1. The molecule has 1 aliphatic heterocycles. The van der Waals surface area contributed by atoms with E-state index in [9.17, 15) is 0 Å². The molecule has 8 heteroatoms. The molecule has 108 valence electrons. The Morgan fingerprint density at radius 1 is 1.20 bits per heavy atom. The molecule has 0 saturated carbocycles. The number of aromatic nitrogens is 3. The van der Waals surface area contributed by atoms with Crippen molar-refractivity contribution in [2.24, 2.45) is 0 Å². The highest BCUT2D eigenvalue weighted by Crippen LogP contribution is 2.26. The normalized spacial score (nSPS) is 17.6. The van der Waals surface area contributed by atoms with E-state index in [1.807, 2.05) is 5.38 Å². The van der Waals surface area contributed by atoms with Crippen LogP contribution >= 0.6 is 22.7 Å². The van der Waals surface area contributed by atoms with E-state index in [0.29, 0.717) is 5.13 Å². The van der Waals surface area contributed by atoms with Crippen molar-refractivity contribution in [3.05, 3.63) is 10.4 Å². The molecule has 2 aromatic rings. The van der Waals surface area contributed by atoms with Crippen molar-refractivity contribution in [2.45, 2.75) is 13.5 Å². The number of rotatable bonds is 4. The summed E-state index contributed by atoms with van der Waals surface area (Å²) < 4.78 is 0.